The number of halogens is 1. The molecule has 0 radical (unpaired) electrons. The molecule has 0 bridgehead atoms. The summed E-state index contributed by atoms with van der Waals surface area (Å²) in [5, 5.41) is 2.93. The monoisotopic (exact) mass is 345 g/mol. The summed E-state index contributed by atoms with van der Waals surface area (Å²) in [6.07, 6.45) is -0.0125. The van der Waals surface area contributed by atoms with Gasteiger partial charge in [0.25, 0.3) is 5.56 Å². The van der Waals surface area contributed by atoms with E-state index in [9.17, 15) is 9.59 Å². The lowest BCUT2D eigenvalue weighted by molar-refractivity contribution is -0.154. The van der Waals surface area contributed by atoms with Gasteiger partial charge in [-0.1, -0.05) is 0 Å². The van der Waals surface area contributed by atoms with Gasteiger partial charge in [-0.15, -0.1) is 0 Å². The summed E-state index contributed by atoms with van der Waals surface area (Å²) in [6.45, 7) is 9.19. The molecule has 0 aliphatic rings. The highest BCUT2D eigenvalue weighted by molar-refractivity contribution is 9.10. The number of aromatic nitrogens is 2. The Hall–Kier alpha value is -1.37. The Labute approximate surface area is 126 Å². The Balaban J connectivity index is 2.95. The van der Waals surface area contributed by atoms with E-state index in [1.807, 2.05) is 13.8 Å². The molecular weight excluding hydrogens is 326 g/mol. The number of carbonyl (C=O) groups excluding carboxylic acids is 1. The first-order chi connectivity index (χ1) is 9.08. The number of hydrogen-bond donors (Lipinski definition) is 2. The van der Waals surface area contributed by atoms with E-state index < -0.39 is 11.6 Å². The topological polar surface area (TPSA) is 84.1 Å². The van der Waals surface area contributed by atoms with Crippen molar-refractivity contribution in [1.82, 2.24) is 9.97 Å². The summed E-state index contributed by atoms with van der Waals surface area (Å²) in [7, 11) is 0. The molecule has 2 N–H and O–H groups in total. The largest absolute Gasteiger partial charge is 0.460 e. The molecule has 0 saturated carbocycles. The SMILES string of the molecule is CC(C)Nc1nc(CC(=O)OC(C)(C)C)c(Br)[nH]c1=O. The number of ether oxygens (including phenoxy) is 1. The molecular formula is C13H20BrN3O3. The van der Waals surface area contributed by atoms with Gasteiger partial charge in [0.05, 0.1) is 12.1 Å². The number of H-pyrrole nitrogens is 1. The van der Waals surface area contributed by atoms with Crippen molar-refractivity contribution in [3.8, 4) is 0 Å². The lowest BCUT2D eigenvalue weighted by Gasteiger charge is -2.19. The van der Waals surface area contributed by atoms with Crippen LogP contribution in [0.4, 0.5) is 5.82 Å². The minimum absolute atomic E-state index is 0.0125. The lowest BCUT2D eigenvalue weighted by Crippen LogP contribution is -2.27. The zero-order chi connectivity index (χ0) is 15.5. The van der Waals surface area contributed by atoms with E-state index in [1.54, 1.807) is 20.8 Å². The summed E-state index contributed by atoms with van der Waals surface area (Å²) in [4.78, 5) is 30.3. The first-order valence-corrected chi connectivity index (χ1v) is 7.15. The smallest absolute Gasteiger partial charge is 0.312 e. The molecule has 7 heteroatoms. The zero-order valence-electron chi connectivity index (χ0n) is 12.3. The van der Waals surface area contributed by atoms with Crippen LogP contribution in [0, 0.1) is 0 Å². The molecule has 0 aliphatic carbocycles. The van der Waals surface area contributed by atoms with E-state index in [4.69, 9.17) is 4.74 Å². The second-order valence-corrected chi connectivity index (χ2v) is 6.53. The van der Waals surface area contributed by atoms with Gasteiger partial charge in [-0.3, -0.25) is 9.59 Å². The highest BCUT2D eigenvalue weighted by atomic mass is 79.9. The predicted octanol–water partition coefficient (Wildman–Crippen LogP) is 2.24. The molecule has 0 unspecified atom stereocenters. The highest BCUT2D eigenvalue weighted by Crippen LogP contribution is 2.15. The van der Waals surface area contributed by atoms with Crippen LogP contribution in [-0.4, -0.2) is 27.6 Å². The van der Waals surface area contributed by atoms with Gasteiger partial charge in [0.15, 0.2) is 5.82 Å². The van der Waals surface area contributed by atoms with Crippen molar-refractivity contribution in [2.75, 3.05) is 5.32 Å². The average molecular weight is 346 g/mol. The van der Waals surface area contributed by atoms with Crippen LogP contribution in [-0.2, 0) is 16.0 Å². The number of aromatic amines is 1. The van der Waals surface area contributed by atoms with E-state index in [1.165, 1.54) is 0 Å². The molecule has 20 heavy (non-hydrogen) atoms. The van der Waals surface area contributed by atoms with Crippen molar-refractivity contribution in [2.24, 2.45) is 0 Å². The fourth-order valence-electron chi connectivity index (χ4n) is 1.47. The summed E-state index contributed by atoms with van der Waals surface area (Å²) >= 11 is 3.20. The van der Waals surface area contributed by atoms with E-state index >= 15 is 0 Å². The number of hydrogen-bond acceptors (Lipinski definition) is 5. The van der Waals surface area contributed by atoms with Crippen LogP contribution in [0.3, 0.4) is 0 Å². The van der Waals surface area contributed by atoms with E-state index in [2.05, 4.69) is 31.2 Å². The van der Waals surface area contributed by atoms with E-state index in [-0.39, 0.29) is 23.8 Å². The van der Waals surface area contributed by atoms with Gasteiger partial charge in [-0.2, -0.15) is 0 Å². The molecule has 0 saturated heterocycles. The van der Waals surface area contributed by atoms with Gasteiger partial charge in [-0.05, 0) is 50.5 Å². The van der Waals surface area contributed by atoms with Crippen LogP contribution in [0.1, 0.15) is 40.3 Å². The van der Waals surface area contributed by atoms with Crippen molar-refractivity contribution in [3.63, 3.8) is 0 Å². The van der Waals surface area contributed by atoms with Crippen LogP contribution in [0.2, 0.25) is 0 Å². The highest BCUT2D eigenvalue weighted by Gasteiger charge is 2.19. The van der Waals surface area contributed by atoms with Gasteiger partial charge in [0, 0.05) is 6.04 Å². The molecule has 1 aromatic heterocycles. The summed E-state index contributed by atoms with van der Waals surface area (Å²) in [5.74, 6) is -0.199. The van der Waals surface area contributed by atoms with Crippen molar-refractivity contribution in [1.29, 1.82) is 0 Å². The number of anilines is 1. The van der Waals surface area contributed by atoms with Crippen LogP contribution in [0.15, 0.2) is 9.40 Å². The van der Waals surface area contributed by atoms with Gasteiger partial charge in [0.1, 0.15) is 10.2 Å². The molecule has 1 rings (SSSR count). The summed E-state index contributed by atoms with van der Waals surface area (Å²) in [6, 6.07) is 0.0687. The second-order valence-electron chi connectivity index (χ2n) is 5.74. The normalized spacial score (nSPS) is 11.6. The maximum Gasteiger partial charge on any atom is 0.312 e. The average Bonchev–Trinajstić information content (AvgIpc) is 2.21. The Morgan fingerprint density at radius 3 is 2.55 bits per heavy atom. The predicted molar refractivity (Wildman–Crippen MR) is 80.9 cm³/mol. The maximum atomic E-state index is 11.8. The molecule has 0 atom stereocenters. The van der Waals surface area contributed by atoms with Gasteiger partial charge in [0.2, 0.25) is 0 Å². The molecule has 0 aromatic carbocycles. The minimum atomic E-state index is -0.551. The maximum absolute atomic E-state index is 11.8. The Morgan fingerprint density at radius 1 is 1.45 bits per heavy atom. The molecule has 6 nitrogen and oxygen atoms in total. The van der Waals surface area contributed by atoms with Gasteiger partial charge in [-0.25, -0.2) is 4.98 Å². The first kappa shape index (κ1) is 16.7. The summed E-state index contributed by atoms with van der Waals surface area (Å²) in [5.41, 5.74) is -0.453. The first-order valence-electron chi connectivity index (χ1n) is 6.35. The van der Waals surface area contributed by atoms with Gasteiger partial charge < -0.3 is 15.0 Å². The second kappa shape index (κ2) is 6.39. The number of esters is 1. The van der Waals surface area contributed by atoms with Crippen LogP contribution in [0.25, 0.3) is 0 Å². The Bertz CT molecular complexity index is 547. The Morgan fingerprint density at radius 2 is 2.05 bits per heavy atom. The molecule has 0 spiro atoms. The number of rotatable bonds is 4. The molecule has 0 aliphatic heterocycles. The van der Waals surface area contributed by atoms with Crippen molar-refractivity contribution in [3.05, 3.63) is 20.7 Å². The fourth-order valence-corrected chi connectivity index (χ4v) is 1.88. The molecule has 1 heterocycles. The Kier molecular flexibility index (Phi) is 5.33. The molecule has 0 amide bonds. The van der Waals surface area contributed by atoms with Crippen LogP contribution in [0.5, 0.6) is 0 Å². The lowest BCUT2D eigenvalue weighted by atomic mass is 10.2. The van der Waals surface area contributed by atoms with Gasteiger partial charge >= 0.3 is 5.97 Å². The summed E-state index contributed by atoms with van der Waals surface area (Å²) < 4.78 is 5.63. The molecule has 0 fully saturated rings. The number of nitrogens with zero attached hydrogens (tertiary/aromatic N) is 1. The van der Waals surface area contributed by atoms with E-state index in [0.717, 1.165) is 0 Å². The number of nitrogens with one attached hydrogen (secondary N) is 2. The quantitative estimate of drug-likeness (QED) is 0.817. The van der Waals surface area contributed by atoms with Crippen LogP contribution < -0.4 is 10.9 Å². The third-order valence-corrected chi connectivity index (χ3v) is 2.75. The number of carbonyl (C=O) groups is 1. The molecule has 1 aromatic rings. The molecule has 112 valence electrons. The third kappa shape index (κ3) is 5.32. The minimum Gasteiger partial charge on any atom is -0.460 e. The standard InChI is InChI=1S/C13H20BrN3O3/c1-7(2)15-11-12(19)17-10(14)8(16-11)6-9(18)20-13(3,4)5/h7H,6H2,1-5H3,(H,15,16)(H,17,19). The zero-order valence-corrected chi connectivity index (χ0v) is 13.9. The fraction of sp³-hybridized carbons (Fsp3) is 0.615. The van der Waals surface area contributed by atoms with E-state index in [0.29, 0.717) is 10.3 Å². The third-order valence-electron chi connectivity index (χ3n) is 2.10. The van der Waals surface area contributed by atoms with Crippen molar-refractivity contribution in [2.45, 2.75) is 52.7 Å². The van der Waals surface area contributed by atoms with Crippen molar-refractivity contribution < 1.29 is 9.53 Å². The van der Waals surface area contributed by atoms with Crippen LogP contribution >= 0.6 is 15.9 Å². The van der Waals surface area contributed by atoms with Crippen molar-refractivity contribution >= 4 is 27.7 Å².